The van der Waals surface area contributed by atoms with Gasteiger partial charge in [-0.2, -0.15) is 0 Å². The largest absolute Gasteiger partial charge is 0.352 e. The van der Waals surface area contributed by atoms with Gasteiger partial charge in [0.15, 0.2) is 0 Å². The van der Waals surface area contributed by atoms with Crippen molar-refractivity contribution in [2.75, 3.05) is 0 Å². The molecule has 0 bridgehead atoms. The van der Waals surface area contributed by atoms with E-state index in [1.54, 1.807) is 4.90 Å². The molecule has 2 amide bonds. The lowest BCUT2D eigenvalue weighted by atomic mass is 9.95. The highest BCUT2D eigenvalue weighted by atomic mass is 16.2. The van der Waals surface area contributed by atoms with Crippen molar-refractivity contribution in [2.45, 2.75) is 90.8 Å². The highest BCUT2D eigenvalue weighted by Gasteiger charge is 2.30. The van der Waals surface area contributed by atoms with E-state index in [9.17, 15) is 9.59 Å². The maximum Gasteiger partial charge on any atom is 0.243 e. The van der Waals surface area contributed by atoms with E-state index in [0.29, 0.717) is 25.8 Å². The van der Waals surface area contributed by atoms with Crippen LogP contribution in [-0.2, 0) is 22.6 Å². The van der Waals surface area contributed by atoms with Gasteiger partial charge in [0, 0.05) is 19.0 Å². The van der Waals surface area contributed by atoms with Gasteiger partial charge in [-0.15, -0.1) is 0 Å². The Hall–Kier alpha value is -2.62. The molecule has 172 valence electrons. The summed E-state index contributed by atoms with van der Waals surface area (Å²) in [5.41, 5.74) is 4.60. The molecule has 0 spiro atoms. The zero-order chi connectivity index (χ0) is 22.9. The van der Waals surface area contributed by atoms with Gasteiger partial charge in [0.25, 0.3) is 0 Å². The van der Waals surface area contributed by atoms with Crippen LogP contribution < -0.4 is 5.32 Å². The van der Waals surface area contributed by atoms with Crippen LogP contribution in [0.2, 0.25) is 0 Å². The van der Waals surface area contributed by atoms with Gasteiger partial charge in [0.2, 0.25) is 11.8 Å². The van der Waals surface area contributed by atoms with Crippen molar-refractivity contribution in [3.63, 3.8) is 0 Å². The molecule has 3 rings (SSSR count). The first kappa shape index (κ1) is 24.0. The van der Waals surface area contributed by atoms with Crippen molar-refractivity contribution in [3.05, 3.63) is 70.8 Å². The lowest BCUT2D eigenvalue weighted by molar-refractivity contribution is -0.141. The number of nitrogens with one attached hydrogen (secondary N) is 1. The highest BCUT2D eigenvalue weighted by molar-refractivity contribution is 5.88. The Balaban J connectivity index is 1.74. The third kappa shape index (κ3) is 6.94. The Bertz CT molecular complexity index is 885. The molecule has 0 heterocycles. The highest BCUT2D eigenvalue weighted by Crippen LogP contribution is 2.20. The van der Waals surface area contributed by atoms with Crippen LogP contribution in [0.4, 0.5) is 0 Å². The second kappa shape index (κ2) is 11.8. The Kier molecular flexibility index (Phi) is 8.90. The average molecular weight is 435 g/mol. The second-order valence-corrected chi connectivity index (χ2v) is 9.26. The molecule has 0 radical (unpaired) electrons. The van der Waals surface area contributed by atoms with E-state index in [2.05, 4.69) is 55.6 Å². The van der Waals surface area contributed by atoms with Gasteiger partial charge in [-0.1, -0.05) is 85.8 Å². The number of rotatable bonds is 9. The third-order valence-corrected chi connectivity index (χ3v) is 6.52. The molecule has 1 saturated carbocycles. The van der Waals surface area contributed by atoms with E-state index in [4.69, 9.17) is 0 Å². The van der Waals surface area contributed by atoms with Crippen LogP contribution in [0.25, 0.3) is 0 Å². The lowest BCUT2D eigenvalue weighted by Crippen LogP contribution is -2.51. The number of carbonyl (C=O) groups excluding carboxylic acids is 2. The predicted octanol–water partition coefficient (Wildman–Crippen LogP) is 5.49. The van der Waals surface area contributed by atoms with Gasteiger partial charge in [-0.3, -0.25) is 9.59 Å². The van der Waals surface area contributed by atoms with E-state index in [1.165, 1.54) is 24.8 Å². The van der Waals surface area contributed by atoms with Gasteiger partial charge in [0.05, 0.1) is 0 Å². The number of hydrogen-bond acceptors (Lipinski definition) is 2. The monoisotopic (exact) mass is 434 g/mol. The molecule has 2 aromatic carbocycles. The molecule has 4 heteroatoms. The normalized spacial score (nSPS) is 15.2. The molecule has 1 aliphatic carbocycles. The Morgan fingerprint density at radius 1 is 0.969 bits per heavy atom. The van der Waals surface area contributed by atoms with Crippen molar-refractivity contribution >= 4 is 11.8 Å². The molecule has 1 fully saturated rings. The minimum Gasteiger partial charge on any atom is -0.352 e. The number of hydrogen-bond donors (Lipinski definition) is 1. The van der Waals surface area contributed by atoms with Gasteiger partial charge < -0.3 is 10.2 Å². The van der Waals surface area contributed by atoms with Gasteiger partial charge >= 0.3 is 0 Å². The predicted molar refractivity (Wildman–Crippen MR) is 130 cm³/mol. The standard InChI is InChI=1S/C28H38N2O2/c1-4-26(28(32)29-25-11-6-5-7-12-25)30(20-24-10-8-9-22(3)19-24)27(31)18-17-23-15-13-21(2)14-16-23/h8-10,13-16,19,25-26H,4-7,11-12,17-18,20H2,1-3H3,(H,29,32). The minimum atomic E-state index is -0.442. The molecule has 0 saturated heterocycles. The van der Waals surface area contributed by atoms with E-state index >= 15 is 0 Å². The summed E-state index contributed by atoms with van der Waals surface area (Å²) >= 11 is 0. The molecule has 1 unspecified atom stereocenters. The van der Waals surface area contributed by atoms with Crippen LogP contribution >= 0.6 is 0 Å². The summed E-state index contributed by atoms with van der Waals surface area (Å²) in [7, 11) is 0. The molecule has 1 aliphatic rings. The number of nitrogens with zero attached hydrogens (tertiary/aromatic N) is 1. The maximum atomic E-state index is 13.4. The smallest absolute Gasteiger partial charge is 0.243 e. The number of benzene rings is 2. The fourth-order valence-electron chi connectivity index (χ4n) is 4.62. The Morgan fingerprint density at radius 3 is 2.34 bits per heavy atom. The third-order valence-electron chi connectivity index (χ3n) is 6.52. The molecule has 0 aromatic heterocycles. The van der Waals surface area contributed by atoms with Crippen molar-refractivity contribution < 1.29 is 9.59 Å². The van der Waals surface area contributed by atoms with Crippen molar-refractivity contribution in [2.24, 2.45) is 0 Å². The summed E-state index contributed by atoms with van der Waals surface area (Å²) < 4.78 is 0. The summed E-state index contributed by atoms with van der Waals surface area (Å²) in [6.45, 7) is 6.59. The Morgan fingerprint density at radius 2 is 1.69 bits per heavy atom. The number of amides is 2. The first-order chi connectivity index (χ1) is 15.5. The maximum absolute atomic E-state index is 13.4. The SMILES string of the molecule is CCC(C(=O)NC1CCCCC1)N(Cc1cccc(C)c1)C(=O)CCc1ccc(C)cc1. The van der Waals surface area contributed by atoms with Gasteiger partial charge in [0.1, 0.15) is 6.04 Å². The first-order valence-corrected chi connectivity index (χ1v) is 12.2. The van der Waals surface area contributed by atoms with Crippen LogP contribution in [0.5, 0.6) is 0 Å². The number of aryl methyl sites for hydroxylation is 3. The van der Waals surface area contributed by atoms with Crippen molar-refractivity contribution in [1.82, 2.24) is 10.2 Å². The Labute approximate surface area is 193 Å². The summed E-state index contributed by atoms with van der Waals surface area (Å²) in [5, 5.41) is 3.25. The fourth-order valence-corrected chi connectivity index (χ4v) is 4.62. The zero-order valence-electron chi connectivity index (χ0n) is 19.9. The van der Waals surface area contributed by atoms with Crippen LogP contribution in [-0.4, -0.2) is 28.8 Å². The molecular formula is C28H38N2O2. The average Bonchev–Trinajstić information content (AvgIpc) is 2.79. The van der Waals surface area contributed by atoms with Crippen molar-refractivity contribution in [3.8, 4) is 0 Å². The van der Waals surface area contributed by atoms with Crippen LogP contribution in [0.1, 0.15) is 74.1 Å². The van der Waals surface area contributed by atoms with Crippen molar-refractivity contribution in [1.29, 1.82) is 0 Å². The van der Waals surface area contributed by atoms with Crippen LogP contribution in [0, 0.1) is 13.8 Å². The van der Waals surface area contributed by atoms with E-state index < -0.39 is 6.04 Å². The second-order valence-electron chi connectivity index (χ2n) is 9.26. The van der Waals surface area contributed by atoms with Crippen LogP contribution in [0.15, 0.2) is 48.5 Å². The molecule has 1 atom stereocenters. The molecule has 32 heavy (non-hydrogen) atoms. The number of carbonyl (C=O) groups is 2. The summed E-state index contributed by atoms with van der Waals surface area (Å²) in [6.07, 6.45) is 7.38. The van der Waals surface area contributed by atoms with Gasteiger partial charge in [-0.05, 0) is 50.7 Å². The fraction of sp³-hybridized carbons (Fsp3) is 0.500. The van der Waals surface area contributed by atoms with E-state index in [-0.39, 0.29) is 17.9 Å². The first-order valence-electron chi connectivity index (χ1n) is 12.2. The quantitative estimate of drug-likeness (QED) is 0.567. The topological polar surface area (TPSA) is 49.4 Å². The van der Waals surface area contributed by atoms with Crippen LogP contribution in [0.3, 0.4) is 0 Å². The molecular weight excluding hydrogens is 396 g/mol. The van der Waals surface area contributed by atoms with E-state index in [0.717, 1.165) is 29.5 Å². The summed E-state index contributed by atoms with van der Waals surface area (Å²) in [4.78, 5) is 28.5. The summed E-state index contributed by atoms with van der Waals surface area (Å²) in [6, 6.07) is 16.3. The molecule has 2 aromatic rings. The molecule has 0 aliphatic heterocycles. The van der Waals surface area contributed by atoms with E-state index in [1.807, 2.05) is 19.1 Å². The summed E-state index contributed by atoms with van der Waals surface area (Å²) in [5.74, 6) is 0.0356. The van der Waals surface area contributed by atoms with Gasteiger partial charge in [-0.25, -0.2) is 0 Å². The zero-order valence-corrected chi connectivity index (χ0v) is 19.9. The molecule has 1 N–H and O–H groups in total. The minimum absolute atomic E-state index is 0.00395. The lowest BCUT2D eigenvalue weighted by Gasteiger charge is -2.33. The molecule has 4 nitrogen and oxygen atoms in total.